The van der Waals surface area contributed by atoms with Gasteiger partial charge in [-0.15, -0.1) is 0 Å². The molecule has 0 fully saturated rings. The fraction of sp³-hybridized carbons (Fsp3) is 0.455. The van der Waals surface area contributed by atoms with Gasteiger partial charge < -0.3 is 15.7 Å². The average Bonchev–Trinajstić information content (AvgIpc) is 2.66. The van der Waals surface area contributed by atoms with Gasteiger partial charge in [-0.2, -0.15) is 5.26 Å². The van der Waals surface area contributed by atoms with Crippen molar-refractivity contribution >= 4 is 5.97 Å². The summed E-state index contributed by atoms with van der Waals surface area (Å²) in [6, 6.07) is 10.0. The van der Waals surface area contributed by atoms with Crippen molar-refractivity contribution in [1.82, 2.24) is 10.6 Å². The zero-order valence-electron chi connectivity index (χ0n) is 16.8. The third-order valence-electron chi connectivity index (χ3n) is 4.61. The Morgan fingerprint density at radius 2 is 2.15 bits per heavy atom. The Morgan fingerprint density at radius 1 is 1.41 bits per heavy atom. The average molecular weight is 370 g/mol. The van der Waals surface area contributed by atoms with E-state index >= 15 is 0 Å². The molecule has 0 spiro atoms. The van der Waals surface area contributed by atoms with E-state index in [4.69, 9.17) is 5.11 Å². The van der Waals surface area contributed by atoms with Crippen molar-refractivity contribution in [2.75, 3.05) is 20.1 Å². The predicted octanol–water partition coefficient (Wildman–Crippen LogP) is 3.75. The van der Waals surface area contributed by atoms with E-state index in [0.717, 1.165) is 53.9 Å². The number of aliphatic carboxylic acids is 1. The Bertz CT molecular complexity index is 729. The normalized spacial score (nSPS) is 13.5. The first-order chi connectivity index (χ1) is 12.9. The lowest BCUT2D eigenvalue weighted by Crippen LogP contribution is -2.22. The van der Waals surface area contributed by atoms with Gasteiger partial charge in [-0.1, -0.05) is 37.3 Å². The molecular weight excluding hydrogens is 338 g/mol. The molecule has 5 heteroatoms. The van der Waals surface area contributed by atoms with E-state index in [9.17, 15) is 10.1 Å². The van der Waals surface area contributed by atoms with Gasteiger partial charge in [0.05, 0.1) is 12.5 Å². The quantitative estimate of drug-likeness (QED) is 0.314. The van der Waals surface area contributed by atoms with Crippen LogP contribution in [-0.2, 0) is 11.2 Å². The summed E-state index contributed by atoms with van der Waals surface area (Å²) in [6.07, 6.45) is 3.84. The van der Waals surface area contributed by atoms with Crippen LogP contribution >= 0.6 is 0 Å². The van der Waals surface area contributed by atoms with Crippen LogP contribution in [0.4, 0.5) is 0 Å². The minimum atomic E-state index is -0.809. The molecule has 0 aliphatic carbocycles. The molecule has 1 atom stereocenters. The Morgan fingerprint density at radius 3 is 2.74 bits per heavy atom. The van der Waals surface area contributed by atoms with Crippen molar-refractivity contribution in [1.29, 1.82) is 5.26 Å². The maximum atomic E-state index is 10.9. The lowest BCUT2D eigenvalue weighted by molar-refractivity contribution is -0.136. The number of carboxylic acids is 1. The number of hydrogen-bond acceptors (Lipinski definition) is 4. The minimum Gasteiger partial charge on any atom is -0.481 e. The van der Waals surface area contributed by atoms with Gasteiger partial charge in [-0.05, 0) is 55.9 Å². The van der Waals surface area contributed by atoms with Crippen LogP contribution in [0.2, 0.25) is 0 Å². The maximum Gasteiger partial charge on any atom is 0.307 e. The molecule has 27 heavy (non-hydrogen) atoms. The van der Waals surface area contributed by atoms with Gasteiger partial charge in [-0.25, -0.2) is 0 Å². The molecule has 146 valence electrons. The molecule has 0 bridgehead atoms. The summed E-state index contributed by atoms with van der Waals surface area (Å²) in [5.41, 5.74) is 4.81. The number of likely N-dealkylation sites (N-methyl/N-ethyl adjacent to an activating group) is 1. The molecule has 1 unspecified atom stereocenters. The molecule has 1 aromatic rings. The van der Waals surface area contributed by atoms with Crippen LogP contribution in [0.1, 0.15) is 50.7 Å². The topological polar surface area (TPSA) is 85.2 Å². The maximum absolute atomic E-state index is 10.9. The summed E-state index contributed by atoms with van der Waals surface area (Å²) in [7, 11) is 1.87. The first kappa shape index (κ1) is 22.5. The standard InChI is InChI=1S/C22H31N3O2/c1-5-21(24-4)20(16(2)14-23)10-7-11-25-15-17(3)19-9-6-8-18(12-19)13-22(26)27/h5-6,8-9,12,17,24-25H,7,10-11,13,15H2,1-4H3,(H,26,27)/b20-16+,21-5+. The summed E-state index contributed by atoms with van der Waals surface area (Å²) < 4.78 is 0. The largest absolute Gasteiger partial charge is 0.481 e. The van der Waals surface area contributed by atoms with Crippen LogP contribution in [0.25, 0.3) is 0 Å². The van der Waals surface area contributed by atoms with Gasteiger partial charge in [0, 0.05) is 24.9 Å². The highest BCUT2D eigenvalue weighted by Crippen LogP contribution is 2.19. The van der Waals surface area contributed by atoms with E-state index in [0.29, 0.717) is 5.92 Å². The number of hydrogen-bond donors (Lipinski definition) is 3. The number of benzene rings is 1. The molecule has 0 saturated heterocycles. The molecule has 0 heterocycles. The number of nitriles is 1. The Kier molecular flexibility index (Phi) is 9.92. The molecule has 3 N–H and O–H groups in total. The third kappa shape index (κ3) is 7.67. The highest BCUT2D eigenvalue weighted by molar-refractivity contribution is 5.70. The second-order valence-corrected chi connectivity index (χ2v) is 6.69. The van der Waals surface area contributed by atoms with Gasteiger partial charge in [0.25, 0.3) is 0 Å². The third-order valence-corrected chi connectivity index (χ3v) is 4.61. The van der Waals surface area contributed by atoms with Gasteiger partial charge in [-0.3, -0.25) is 4.79 Å². The summed E-state index contributed by atoms with van der Waals surface area (Å²) >= 11 is 0. The Labute approximate surface area is 162 Å². The number of nitrogens with zero attached hydrogens (tertiary/aromatic N) is 1. The number of carbonyl (C=O) groups is 1. The van der Waals surface area contributed by atoms with Crippen molar-refractivity contribution in [2.45, 2.75) is 46.0 Å². The Balaban J connectivity index is 2.52. The van der Waals surface area contributed by atoms with E-state index in [1.54, 1.807) is 0 Å². The van der Waals surface area contributed by atoms with Crippen molar-refractivity contribution in [3.63, 3.8) is 0 Å². The molecule has 0 aromatic heterocycles. The van der Waals surface area contributed by atoms with Crippen molar-refractivity contribution < 1.29 is 9.90 Å². The van der Waals surface area contributed by atoms with Crippen LogP contribution in [0, 0.1) is 11.3 Å². The van der Waals surface area contributed by atoms with Gasteiger partial charge in [0.1, 0.15) is 0 Å². The molecule has 0 saturated carbocycles. The molecule has 5 nitrogen and oxygen atoms in total. The molecule has 1 rings (SSSR count). The Hall–Kier alpha value is -2.58. The fourth-order valence-corrected chi connectivity index (χ4v) is 3.07. The molecule has 0 amide bonds. The second-order valence-electron chi connectivity index (χ2n) is 6.69. The van der Waals surface area contributed by atoms with Crippen LogP contribution < -0.4 is 10.6 Å². The fourth-order valence-electron chi connectivity index (χ4n) is 3.07. The molecule has 0 aliphatic heterocycles. The summed E-state index contributed by atoms with van der Waals surface area (Å²) in [6.45, 7) is 7.65. The summed E-state index contributed by atoms with van der Waals surface area (Å²) in [5.74, 6) is -0.505. The van der Waals surface area contributed by atoms with Crippen LogP contribution in [0.5, 0.6) is 0 Å². The van der Waals surface area contributed by atoms with E-state index in [1.807, 2.05) is 51.2 Å². The highest BCUT2D eigenvalue weighted by Gasteiger charge is 2.09. The number of carboxylic acid groups (broad SMARTS) is 1. The van der Waals surface area contributed by atoms with E-state index < -0.39 is 5.97 Å². The number of rotatable bonds is 11. The molecular formula is C22H31N3O2. The minimum absolute atomic E-state index is 0.0556. The molecule has 0 radical (unpaired) electrons. The lowest BCUT2D eigenvalue weighted by Gasteiger charge is -2.15. The summed E-state index contributed by atoms with van der Waals surface area (Å²) in [4.78, 5) is 10.9. The first-order valence-corrected chi connectivity index (χ1v) is 9.38. The van der Waals surface area contributed by atoms with E-state index in [-0.39, 0.29) is 6.42 Å². The molecule has 1 aromatic carbocycles. The smallest absolute Gasteiger partial charge is 0.307 e. The monoisotopic (exact) mass is 369 g/mol. The van der Waals surface area contributed by atoms with E-state index in [2.05, 4.69) is 23.6 Å². The highest BCUT2D eigenvalue weighted by atomic mass is 16.4. The lowest BCUT2D eigenvalue weighted by atomic mass is 9.97. The van der Waals surface area contributed by atoms with Crippen molar-refractivity contribution in [2.24, 2.45) is 0 Å². The summed E-state index contributed by atoms with van der Waals surface area (Å²) in [5, 5.41) is 24.8. The first-order valence-electron chi connectivity index (χ1n) is 9.38. The zero-order valence-corrected chi connectivity index (χ0v) is 16.8. The van der Waals surface area contributed by atoms with Gasteiger partial charge in [0.2, 0.25) is 0 Å². The van der Waals surface area contributed by atoms with E-state index in [1.165, 1.54) is 0 Å². The van der Waals surface area contributed by atoms with Crippen LogP contribution in [0.3, 0.4) is 0 Å². The van der Waals surface area contributed by atoms with Crippen LogP contribution in [0.15, 0.2) is 47.2 Å². The van der Waals surface area contributed by atoms with Gasteiger partial charge in [0.15, 0.2) is 0 Å². The van der Waals surface area contributed by atoms with Crippen molar-refractivity contribution in [3.8, 4) is 6.07 Å². The molecule has 0 aliphatic rings. The van der Waals surface area contributed by atoms with Crippen molar-refractivity contribution in [3.05, 3.63) is 58.3 Å². The van der Waals surface area contributed by atoms with Crippen LogP contribution in [-0.4, -0.2) is 31.2 Å². The number of allylic oxidation sites excluding steroid dienone is 3. The number of nitrogens with one attached hydrogen (secondary N) is 2. The SMILES string of the molecule is C/C=C(NC)\C(CCCNCC(C)c1cccc(CC(=O)O)c1)=C(/C)C#N. The second kappa shape index (κ2) is 11.9. The zero-order chi connectivity index (χ0) is 20.2. The van der Waals surface area contributed by atoms with Gasteiger partial charge >= 0.3 is 5.97 Å². The predicted molar refractivity (Wildman–Crippen MR) is 109 cm³/mol.